The molecule has 0 spiro atoms. The van der Waals surface area contributed by atoms with E-state index in [9.17, 15) is 18.0 Å². The monoisotopic (exact) mass is 476 g/mol. The van der Waals surface area contributed by atoms with Crippen LogP contribution in [-0.2, 0) is 22.9 Å². The van der Waals surface area contributed by atoms with E-state index in [2.05, 4.69) is 10.3 Å². The summed E-state index contributed by atoms with van der Waals surface area (Å²) in [6.07, 6.45) is 9.39. The highest BCUT2D eigenvalue weighted by Crippen LogP contribution is 2.39. The Morgan fingerprint density at radius 1 is 1.22 bits per heavy atom. The summed E-state index contributed by atoms with van der Waals surface area (Å²) in [6, 6.07) is 3.30. The molecule has 1 saturated heterocycles. The van der Waals surface area contributed by atoms with E-state index < -0.39 is 10.0 Å². The normalized spacial score (nSPS) is 17.3. The number of hydrogen-bond acceptors (Lipinski definition) is 6. The third kappa shape index (κ3) is 4.72. The van der Waals surface area contributed by atoms with Crippen molar-refractivity contribution in [2.75, 3.05) is 31.7 Å². The average Bonchev–Trinajstić information content (AvgIpc) is 3.16. The quantitative estimate of drug-likeness (QED) is 0.715. The summed E-state index contributed by atoms with van der Waals surface area (Å²) >= 11 is 1.50. The van der Waals surface area contributed by atoms with Gasteiger partial charge in [-0.25, -0.2) is 12.7 Å². The highest BCUT2D eigenvalue weighted by Gasteiger charge is 2.33. The summed E-state index contributed by atoms with van der Waals surface area (Å²) in [7, 11) is -1.67. The maximum Gasteiger partial charge on any atom is 0.257 e. The first-order valence-electron chi connectivity index (χ1n) is 10.8. The fourth-order valence-corrected chi connectivity index (χ4v) is 6.44. The van der Waals surface area contributed by atoms with Crippen LogP contribution >= 0.6 is 11.3 Å². The zero-order chi connectivity index (χ0) is 22.9. The minimum atomic E-state index is -3.26. The van der Waals surface area contributed by atoms with Crippen molar-refractivity contribution >= 4 is 38.2 Å². The molecular weight excluding hydrogens is 448 g/mol. The Labute approximate surface area is 192 Å². The molecule has 3 heterocycles. The summed E-state index contributed by atoms with van der Waals surface area (Å²) in [6.45, 7) is 0.980. The number of piperidine rings is 1. The predicted octanol–water partition coefficient (Wildman–Crippen LogP) is 2.77. The zero-order valence-electron chi connectivity index (χ0n) is 18.3. The Morgan fingerprint density at radius 2 is 1.94 bits per heavy atom. The van der Waals surface area contributed by atoms with Crippen molar-refractivity contribution in [1.82, 2.24) is 14.2 Å². The Bertz CT molecular complexity index is 1110. The van der Waals surface area contributed by atoms with E-state index in [1.807, 2.05) is 0 Å². The van der Waals surface area contributed by atoms with Crippen molar-refractivity contribution in [3.05, 3.63) is 46.1 Å². The minimum Gasteiger partial charge on any atom is -0.338 e. The Morgan fingerprint density at radius 3 is 2.59 bits per heavy atom. The number of nitrogens with zero attached hydrogens (tertiary/aromatic N) is 3. The molecule has 0 atom stereocenters. The Balaban J connectivity index is 1.55. The third-order valence-corrected chi connectivity index (χ3v) is 8.88. The number of nitrogens with one attached hydrogen (secondary N) is 1. The van der Waals surface area contributed by atoms with E-state index in [0.717, 1.165) is 31.2 Å². The summed E-state index contributed by atoms with van der Waals surface area (Å²) in [4.78, 5) is 33.3. The number of anilines is 1. The van der Waals surface area contributed by atoms with E-state index >= 15 is 0 Å². The van der Waals surface area contributed by atoms with Gasteiger partial charge in [0.1, 0.15) is 5.00 Å². The van der Waals surface area contributed by atoms with Crippen LogP contribution in [-0.4, -0.2) is 66.9 Å². The molecule has 0 bridgehead atoms. The molecule has 1 aliphatic carbocycles. The number of likely N-dealkylation sites (tertiary alicyclic amines) is 1. The van der Waals surface area contributed by atoms with Gasteiger partial charge in [-0.05, 0) is 56.2 Å². The number of fused-ring (bicyclic) bond motifs is 1. The number of rotatable bonds is 5. The van der Waals surface area contributed by atoms with Crippen LogP contribution in [0.25, 0.3) is 0 Å². The van der Waals surface area contributed by atoms with Gasteiger partial charge in [0.2, 0.25) is 10.0 Å². The number of thiophene rings is 1. The molecule has 0 aromatic carbocycles. The van der Waals surface area contributed by atoms with Gasteiger partial charge >= 0.3 is 0 Å². The molecule has 2 amide bonds. The molecule has 10 heteroatoms. The zero-order valence-corrected chi connectivity index (χ0v) is 20.0. The highest BCUT2D eigenvalue weighted by molar-refractivity contribution is 7.88. The topological polar surface area (TPSA) is 99.7 Å². The number of hydrogen-bond donors (Lipinski definition) is 1. The molecule has 1 aliphatic heterocycles. The second-order valence-electron chi connectivity index (χ2n) is 8.41. The maximum atomic E-state index is 13.6. The van der Waals surface area contributed by atoms with Gasteiger partial charge in [-0.3, -0.25) is 14.6 Å². The fourth-order valence-electron chi connectivity index (χ4n) is 4.41. The van der Waals surface area contributed by atoms with Gasteiger partial charge in [0.05, 0.1) is 17.4 Å². The number of aryl methyl sites for hydroxylation is 1. The smallest absolute Gasteiger partial charge is 0.257 e. The average molecular weight is 477 g/mol. The fraction of sp³-hybridized carbons (Fsp3) is 0.500. The van der Waals surface area contributed by atoms with Crippen molar-refractivity contribution < 1.29 is 18.0 Å². The lowest BCUT2D eigenvalue weighted by molar-refractivity contribution is 0.0686. The van der Waals surface area contributed by atoms with E-state index in [4.69, 9.17) is 0 Å². The largest absolute Gasteiger partial charge is 0.338 e. The van der Waals surface area contributed by atoms with Crippen LogP contribution in [0.5, 0.6) is 0 Å². The van der Waals surface area contributed by atoms with Crippen LogP contribution in [0.4, 0.5) is 5.00 Å². The second kappa shape index (κ2) is 9.29. The SMILES string of the molecule is CN(C1CCN(C(=O)c2c(NC(=O)c3cccnc3)sc3c2CCCC3)CC1)S(C)(=O)=O. The van der Waals surface area contributed by atoms with Crippen LogP contribution in [0, 0.1) is 0 Å². The molecule has 0 unspecified atom stereocenters. The van der Waals surface area contributed by atoms with Crippen molar-refractivity contribution in [2.24, 2.45) is 0 Å². The van der Waals surface area contributed by atoms with Crippen LogP contribution in [0.3, 0.4) is 0 Å². The van der Waals surface area contributed by atoms with Crippen molar-refractivity contribution in [3.8, 4) is 0 Å². The number of aromatic nitrogens is 1. The number of amides is 2. The van der Waals surface area contributed by atoms with Crippen LogP contribution < -0.4 is 5.32 Å². The van der Waals surface area contributed by atoms with E-state index in [1.54, 1.807) is 30.3 Å². The summed E-state index contributed by atoms with van der Waals surface area (Å²) in [5.74, 6) is -0.356. The molecule has 0 radical (unpaired) electrons. The van der Waals surface area contributed by atoms with Gasteiger partial charge in [-0.15, -0.1) is 11.3 Å². The van der Waals surface area contributed by atoms with Crippen molar-refractivity contribution in [2.45, 2.75) is 44.6 Å². The molecule has 8 nitrogen and oxygen atoms in total. The number of pyridine rings is 1. The molecule has 172 valence electrons. The van der Waals surface area contributed by atoms with E-state index in [-0.39, 0.29) is 17.9 Å². The van der Waals surface area contributed by atoms with Gasteiger partial charge in [-0.1, -0.05) is 0 Å². The Hall–Kier alpha value is -2.30. The first-order chi connectivity index (χ1) is 15.3. The molecule has 32 heavy (non-hydrogen) atoms. The molecule has 2 aromatic rings. The second-order valence-corrected chi connectivity index (χ2v) is 11.6. The minimum absolute atomic E-state index is 0.0775. The Kier molecular flexibility index (Phi) is 6.64. The first-order valence-corrected chi connectivity index (χ1v) is 13.5. The maximum absolute atomic E-state index is 13.6. The van der Waals surface area contributed by atoms with Gasteiger partial charge < -0.3 is 10.2 Å². The lowest BCUT2D eigenvalue weighted by atomic mass is 9.94. The molecule has 0 saturated carbocycles. The summed E-state index contributed by atoms with van der Waals surface area (Å²) in [5.41, 5.74) is 2.11. The van der Waals surface area contributed by atoms with Gasteiger partial charge in [-0.2, -0.15) is 0 Å². The van der Waals surface area contributed by atoms with E-state index in [0.29, 0.717) is 42.1 Å². The third-order valence-electron chi connectivity index (χ3n) is 6.32. The van der Waals surface area contributed by atoms with Gasteiger partial charge in [0.15, 0.2) is 0 Å². The van der Waals surface area contributed by atoms with Crippen LogP contribution in [0.15, 0.2) is 24.5 Å². The van der Waals surface area contributed by atoms with Crippen LogP contribution in [0.1, 0.15) is 56.8 Å². The predicted molar refractivity (Wildman–Crippen MR) is 125 cm³/mol. The number of carbonyl (C=O) groups is 2. The van der Waals surface area contributed by atoms with Crippen molar-refractivity contribution in [1.29, 1.82) is 0 Å². The molecule has 4 rings (SSSR count). The standard InChI is InChI=1S/C22H28N4O4S2/c1-25(32(2,29)30)16-9-12-26(13-10-16)22(28)19-17-7-3-4-8-18(17)31-21(19)24-20(27)15-6-5-11-23-14-15/h5-6,11,14,16H,3-4,7-10,12-13H2,1-2H3,(H,24,27). The molecule has 2 aliphatic rings. The number of carbonyl (C=O) groups excluding carboxylic acids is 2. The molecule has 1 N–H and O–H groups in total. The lowest BCUT2D eigenvalue weighted by Gasteiger charge is -2.36. The lowest BCUT2D eigenvalue weighted by Crippen LogP contribution is -2.47. The van der Waals surface area contributed by atoms with Gasteiger partial charge in [0, 0.05) is 43.4 Å². The summed E-state index contributed by atoms with van der Waals surface area (Å²) in [5, 5.41) is 3.56. The molecule has 1 fully saturated rings. The number of sulfonamides is 1. The highest BCUT2D eigenvalue weighted by atomic mass is 32.2. The first kappa shape index (κ1) is 22.9. The molecule has 2 aromatic heterocycles. The van der Waals surface area contributed by atoms with Gasteiger partial charge in [0.25, 0.3) is 11.8 Å². The van der Waals surface area contributed by atoms with Crippen molar-refractivity contribution in [3.63, 3.8) is 0 Å². The molecular formula is C22H28N4O4S2. The van der Waals surface area contributed by atoms with E-state index in [1.165, 1.54) is 33.0 Å². The van der Waals surface area contributed by atoms with Crippen LogP contribution in [0.2, 0.25) is 0 Å². The summed E-state index contributed by atoms with van der Waals surface area (Å²) < 4.78 is 25.1.